The average Bonchev–Trinajstić information content (AvgIpc) is 2.63. The van der Waals surface area contributed by atoms with E-state index < -0.39 is 37.8 Å². The quantitative estimate of drug-likeness (QED) is 0.419. The lowest BCUT2D eigenvalue weighted by Gasteiger charge is -2.45. The van der Waals surface area contributed by atoms with Gasteiger partial charge in [0.05, 0.1) is 18.2 Å². The second-order valence-corrected chi connectivity index (χ2v) is 16.2. The summed E-state index contributed by atoms with van der Waals surface area (Å²) in [6.07, 6.45) is -5.03. The average molecular weight is 509 g/mol. The zero-order chi connectivity index (χ0) is 25.4. The molecule has 0 saturated carbocycles. The number of carbonyl (C=O) groups is 1. The summed E-state index contributed by atoms with van der Waals surface area (Å²) in [5.74, 6) is 0. The molecule has 1 heterocycles. The Bertz CT molecular complexity index is 851. The topological polar surface area (TPSA) is 42.0 Å². The number of carbonyl (C=O) groups excluding carboxylic acids is 1. The van der Waals surface area contributed by atoms with Crippen LogP contribution in [0.4, 0.5) is 23.7 Å². The molecule has 1 saturated heterocycles. The molecule has 1 aromatic rings. The largest absolute Gasteiger partial charge is 0.444 e. The predicted octanol–water partition coefficient (Wildman–Crippen LogP) is 6.81. The van der Waals surface area contributed by atoms with Gasteiger partial charge in [0, 0.05) is 30.3 Å². The molecule has 33 heavy (non-hydrogen) atoms. The maximum Gasteiger partial charge on any atom is 0.418 e. The van der Waals surface area contributed by atoms with Crippen LogP contribution in [-0.2, 0) is 15.3 Å². The van der Waals surface area contributed by atoms with Crippen molar-refractivity contribution >= 4 is 31.7 Å². The minimum Gasteiger partial charge on any atom is -0.444 e. The van der Waals surface area contributed by atoms with Crippen molar-refractivity contribution in [3.8, 4) is 0 Å². The third kappa shape index (κ3) is 7.26. The van der Waals surface area contributed by atoms with E-state index in [2.05, 4.69) is 33.9 Å². The zero-order valence-corrected chi connectivity index (χ0v) is 22.5. The number of nitrogens with zero attached hydrogens (tertiary/aromatic N) is 2. The summed E-state index contributed by atoms with van der Waals surface area (Å²) >= 11 is 5.86. The third-order valence-electron chi connectivity index (χ3n) is 6.16. The van der Waals surface area contributed by atoms with Gasteiger partial charge in [-0.1, -0.05) is 32.4 Å². The Morgan fingerprint density at radius 3 is 2.24 bits per heavy atom. The summed E-state index contributed by atoms with van der Waals surface area (Å²) in [7, 11) is -2.14. The summed E-state index contributed by atoms with van der Waals surface area (Å²) in [5, 5.41) is -0.0196. The minimum absolute atomic E-state index is 0.0243. The van der Waals surface area contributed by atoms with E-state index in [-0.39, 0.29) is 42.0 Å². The molecule has 0 radical (unpaired) electrons. The van der Waals surface area contributed by atoms with Gasteiger partial charge in [0.25, 0.3) is 0 Å². The van der Waals surface area contributed by atoms with Crippen molar-refractivity contribution in [3.05, 3.63) is 28.8 Å². The summed E-state index contributed by atoms with van der Waals surface area (Å²) in [6, 6.07) is 3.32. The molecule has 0 aliphatic carbocycles. The molecule has 1 aliphatic heterocycles. The predicted molar refractivity (Wildman–Crippen MR) is 129 cm³/mol. The Labute approximate surface area is 201 Å². The highest BCUT2D eigenvalue weighted by Gasteiger charge is 2.41. The summed E-state index contributed by atoms with van der Waals surface area (Å²) in [6.45, 7) is 16.8. The molecule has 1 aliphatic rings. The lowest BCUT2D eigenvalue weighted by molar-refractivity contribution is -0.137. The van der Waals surface area contributed by atoms with E-state index in [1.165, 1.54) is 12.1 Å². The monoisotopic (exact) mass is 508 g/mol. The number of amides is 1. The zero-order valence-electron chi connectivity index (χ0n) is 20.8. The second kappa shape index (κ2) is 9.66. The molecular weight excluding hydrogens is 473 g/mol. The van der Waals surface area contributed by atoms with Crippen LogP contribution in [0.25, 0.3) is 0 Å². The Morgan fingerprint density at radius 2 is 1.73 bits per heavy atom. The highest BCUT2D eigenvalue weighted by molar-refractivity contribution is 6.74. The smallest absolute Gasteiger partial charge is 0.418 e. The molecule has 5 nitrogen and oxygen atoms in total. The van der Waals surface area contributed by atoms with Gasteiger partial charge in [-0.25, -0.2) is 4.79 Å². The molecule has 0 aromatic heterocycles. The standard InChI is InChI=1S/C23H36ClF3N2O3Si/c1-21(2,3)32-20(30)29-12-11-28(14-17(29)15-31-33(7,8)22(4,5)6)19-10-9-16(24)13-18(19)23(25,26)27/h9-10,13,17H,11-12,14-15H2,1-8H3. The van der Waals surface area contributed by atoms with Crippen LogP contribution in [0.3, 0.4) is 0 Å². The van der Waals surface area contributed by atoms with Gasteiger partial charge in [-0.3, -0.25) is 4.90 Å². The van der Waals surface area contributed by atoms with Crippen LogP contribution in [0.15, 0.2) is 18.2 Å². The Morgan fingerprint density at radius 1 is 1.12 bits per heavy atom. The minimum atomic E-state index is -4.55. The van der Waals surface area contributed by atoms with Crippen molar-refractivity contribution in [1.82, 2.24) is 4.90 Å². The van der Waals surface area contributed by atoms with Gasteiger partial charge >= 0.3 is 12.3 Å². The first-order valence-corrected chi connectivity index (χ1v) is 14.4. The molecule has 1 aromatic carbocycles. The van der Waals surface area contributed by atoms with E-state index in [9.17, 15) is 18.0 Å². The van der Waals surface area contributed by atoms with Crippen LogP contribution >= 0.6 is 11.6 Å². The van der Waals surface area contributed by atoms with E-state index in [0.29, 0.717) is 0 Å². The van der Waals surface area contributed by atoms with Crippen LogP contribution < -0.4 is 4.90 Å². The lowest BCUT2D eigenvalue weighted by atomic mass is 10.1. The molecule has 2 rings (SSSR count). The van der Waals surface area contributed by atoms with E-state index in [1.54, 1.807) is 30.6 Å². The van der Waals surface area contributed by atoms with Gasteiger partial charge in [-0.05, 0) is 57.1 Å². The van der Waals surface area contributed by atoms with E-state index in [0.717, 1.165) is 6.07 Å². The van der Waals surface area contributed by atoms with Crippen molar-refractivity contribution in [2.75, 3.05) is 31.1 Å². The fourth-order valence-electron chi connectivity index (χ4n) is 3.31. The van der Waals surface area contributed by atoms with Crippen molar-refractivity contribution in [3.63, 3.8) is 0 Å². The van der Waals surface area contributed by atoms with Crippen molar-refractivity contribution in [2.24, 2.45) is 0 Å². The molecule has 188 valence electrons. The van der Waals surface area contributed by atoms with E-state index in [4.69, 9.17) is 20.8 Å². The molecule has 1 amide bonds. The first kappa shape index (κ1) is 27.8. The molecule has 1 atom stereocenters. The first-order valence-electron chi connectivity index (χ1n) is 11.1. The second-order valence-electron chi connectivity index (χ2n) is 11.0. The van der Waals surface area contributed by atoms with Crippen LogP contribution in [0.2, 0.25) is 23.2 Å². The van der Waals surface area contributed by atoms with Crippen molar-refractivity contribution in [1.29, 1.82) is 0 Å². The molecule has 1 fully saturated rings. The molecule has 0 spiro atoms. The van der Waals surface area contributed by atoms with Crippen LogP contribution in [-0.4, -0.2) is 57.2 Å². The lowest BCUT2D eigenvalue weighted by Crippen LogP contribution is -2.59. The number of hydrogen-bond acceptors (Lipinski definition) is 4. The SMILES string of the molecule is CC(C)(C)OC(=O)N1CCN(c2ccc(Cl)cc2C(F)(F)F)CC1CO[Si](C)(C)C(C)(C)C. The normalized spacial score (nSPS) is 18.5. The summed E-state index contributed by atoms with van der Waals surface area (Å²) in [5.41, 5.74) is -1.42. The van der Waals surface area contributed by atoms with Gasteiger partial charge in [0.15, 0.2) is 8.32 Å². The molecule has 1 unspecified atom stereocenters. The van der Waals surface area contributed by atoms with Gasteiger partial charge in [-0.15, -0.1) is 0 Å². The highest BCUT2D eigenvalue weighted by Crippen LogP contribution is 2.40. The number of halogens is 4. The molecular formula is C23H36ClF3N2O3Si. The fraction of sp³-hybridized carbons (Fsp3) is 0.696. The van der Waals surface area contributed by atoms with E-state index >= 15 is 0 Å². The number of anilines is 1. The van der Waals surface area contributed by atoms with Crippen LogP contribution in [0, 0.1) is 0 Å². The highest BCUT2D eigenvalue weighted by atomic mass is 35.5. The molecule has 10 heteroatoms. The summed E-state index contributed by atoms with van der Waals surface area (Å²) in [4.78, 5) is 16.1. The van der Waals surface area contributed by atoms with Gasteiger partial charge in [0.1, 0.15) is 5.60 Å². The van der Waals surface area contributed by atoms with E-state index in [1.807, 2.05) is 0 Å². The number of piperazine rings is 1. The van der Waals surface area contributed by atoms with Crippen LogP contribution in [0.1, 0.15) is 47.1 Å². The number of rotatable bonds is 4. The van der Waals surface area contributed by atoms with Crippen molar-refractivity contribution < 1.29 is 27.1 Å². The number of benzene rings is 1. The van der Waals surface area contributed by atoms with Gasteiger partial charge in [0.2, 0.25) is 0 Å². The van der Waals surface area contributed by atoms with Gasteiger partial charge < -0.3 is 14.1 Å². The number of hydrogen-bond donors (Lipinski definition) is 0. The van der Waals surface area contributed by atoms with Gasteiger partial charge in [-0.2, -0.15) is 13.2 Å². The maximum atomic E-state index is 13.7. The Kier molecular flexibility index (Phi) is 8.13. The number of alkyl halides is 3. The summed E-state index contributed by atoms with van der Waals surface area (Å²) < 4.78 is 53.1. The van der Waals surface area contributed by atoms with Crippen LogP contribution in [0.5, 0.6) is 0 Å². The fourth-order valence-corrected chi connectivity index (χ4v) is 4.52. The molecule has 0 bridgehead atoms. The number of ether oxygens (including phenoxy) is 1. The third-order valence-corrected chi connectivity index (χ3v) is 10.9. The molecule has 0 N–H and O–H groups in total. The first-order chi connectivity index (χ1) is 14.8. The maximum absolute atomic E-state index is 13.7. The van der Waals surface area contributed by atoms with Crippen molar-refractivity contribution in [2.45, 2.75) is 77.5 Å². The Balaban J connectivity index is 2.34. The Hall–Kier alpha value is -1.45.